The zero-order valence-electron chi connectivity index (χ0n) is 10.0. The molecule has 0 saturated carbocycles. The van der Waals surface area contributed by atoms with Gasteiger partial charge in [-0.2, -0.15) is 4.98 Å². The van der Waals surface area contributed by atoms with Gasteiger partial charge in [0.05, 0.1) is 12.1 Å². The highest BCUT2D eigenvalue weighted by Crippen LogP contribution is 2.33. The van der Waals surface area contributed by atoms with Crippen molar-refractivity contribution in [3.63, 3.8) is 0 Å². The Bertz CT molecular complexity index is 578. The van der Waals surface area contributed by atoms with Crippen molar-refractivity contribution in [2.75, 3.05) is 0 Å². The fourth-order valence-corrected chi connectivity index (χ4v) is 2.40. The van der Waals surface area contributed by atoms with Gasteiger partial charge in [0.1, 0.15) is 5.75 Å². The highest BCUT2D eigenvalue weighted by Gasteiger charge is 2.17. The van der Waals surface area contributed by atoms with Crippen LogP contribution in [0.5, 0.6) is 5.75 Å². The molecule has 0 radical (unpaired) electrons. The van der Waals surface area contributed by atoms with Gasteiger partial charge in [0.2, 0.25) is 11.7 Å². The molecule has 3 rings (SSSR count). The second kappa shape index (κ2) is 4.42. The van der Waals surface area contributed by atoms with Crippen LogP contribution in [0, 0.1) is 0 Å². The lowest BCUT2D eigenvalue weighted by molar-refractivity contribution is 0.380. The summed E-state index contributed by atoms with van der Waals surface area (Å²) in [6, 6.07) is 3.79. The van der Waals surface area contributed by atoms with Crippen LogP contribution in [0.2, 0.25) is 0 Å². The van der Waals surface area contributed by atoms with Crippen molar-refractivity contribution in [2.45, 2.75) is 32.2 Å². The van der Waals surface area contributed by atoms with Gasteiger partial charge in [0.15, 0.2) is 0 Å². The molecule has 0 bridgehead atoms. The second-order valence-corrected chi connectivity index (χ2v) is 4.56. The molecule has 5 heteroatoms. The first-order chi connectivity index (χ1) is 8.78. The maximum Gasteiger partial charge on any atom is 0.240 e. The van der Waals surface area contributed by atoms with Crippen LogP contribution in [0.15, 0.2) is 16.7 Å². The highest BCUT2D eigenvalue weighted by atomic mass is 16.5. The second-order valence-electron chi connectivity index (χ2n) is 4.56. The Hall–Kier alpha value is -1.88. The lowest BCUT2D eigenvalue weighted by Gasteiger charge is -2.16. The molecule has 94 valence electrons. The molecule has 18 heavy (non-hydrogen) atoms. The molecule has 0 amide bonds. The molecular weight excluding hydrogens is 230 g/mol. The SMILES string of the molecule is NCc1nc(-c2cc3c(cc2O)CCCC3)no1. The van der Waals surface area contributed by atoms with E-state index in [1.807, 2.05) is 12.1 Å². The standard InChI is InChI=1S/C13H15N3O2/c14-7-12-15-13(16-18-12)10-5-8-3-1-2-4-9(8)6-11(10)17/h5-6,17H,1-4,7,14H2. The lowest BCUT2D eigenvalue weighted by Crippen LogP contribution is -2.03. The van der Waals surface area contributed by atoms with Crippen LogP contribution >= 0.6 is 0 Å². The number of nitrogens with two attached hydrogens (primary N) is 1. The van der Waals surface area contributed by atoms with Crippen molar-refractivity contribution >= 4 is 0 Å². The average Bonchev–Trinajstić information content (AvgIpc) is 2.86. The van der Waals surface area contributed by atoms with E-state index in [0.717, 1.165) is 12.8 Å². The van der Waals surface area contributed by atoms with Crippen LogP contribution < -0.4 is 5.73 Å². The molecule has 0 fully saturated rings. The molecule has 1 aromatic heterocycles. The summed E-state index contributed by atoms with van der Waals surface area (Å²) in [5.74, 6) is 0.989. The predicted octanol–water partition coefficient (Wildman–Crippen LogP) is 1.78. The summed E-state index contributed by atoms with van der Waals surface area (Å²) in [6.45, 7) is 0.207. The fraction of sp³-hybridized carbons (Fsp3) is 0.385. The van der Waals surface area contributed by atoms with Crippen LogP contribution in [0.25, 0.3) is 11.4 Å². The molecule has 0 atom stereocenters. The lowest BCUT2D eigenvalue weighted by atomic mass is 9.90. The molecule has 0 spiro atoms. The topological polar surface area (TPSA) is 85.2 Å². The molecule has 1 aliphatic rings. The molecule has 0 saturated heterocycles. The van der Waals surface area contributed by atoms with E-state index in [1.54, 1.807) is 0 Å². The van der Waals surface area contributed by atoms with Crippen molar-refractivity contribution in [1.82, 2.24) is 10.1 Å². The van der Waals surface area contributed by atoms with Gasteiger partial charge in [-0.25, -0.2) is 0 Å². The van der Waals surface area contributed by atoms with Crippen LogP contribution in [-0.2, 0) is 19.4 Å². The van der Waals surface area contributed by atoms with Gasteiger partial charge in [-0.1, -0.05) is 5.16 Å². The van der Waals surface area contributed by atoms with Gasteiger partial charge in [-0.15, -0.1) is 0 Å². The number of aromatic nitrogens is 2. The van der Waals surface area contributed by atoms with Crippen LogP contribution in [0.1, 0.15) is 29.9 Å². The van der Waals surface area contributed by atoms with Crippen LogP contribution in [0.3, 0.4) is 0 Å². The van der Waals surface area contributed by atoms with Crippen molar-refractivity contribution in [3.8, 4) is 17.1 Å². The third kappa shape index (κ3) is 1.86. The van der Waals surface area contributed by atoms with E-state index in [4.69, 9.17) is 10.3 Å². The van der Waals surface area contributed by atoms with Gasteiger partial charge in [-0.05, 0) is 48.9 Å². The highest BCUT2D eigenvalue weighted by molar-refractivity contribution is 5.65. The van der Waals surface area contributed by atoms with Crippen LogP contribution in [-0.4, -0.2) is 15.2 Å². The monoisotopic (exact) mass is 245 g/mol. The number of benzene rings is 1. The van der Waals surface area contributed by atoms with Gasteiger partial charge in [0, 0.05) is 0 Å². The van der Waals surface area contributed by atoms with Gasteiger partial charge >= 0.3 is 0 Å². The molecule has 5 nitrogen and oxygen atoms in total. The number of phenols is 1. The summed E-state index contributed by atoms with van der Waals surface area (Å²) >= 11 is 0. The largest absolute Gasteiger partial charge is 0.507 e. The zero-order chi connectivity index (χ0) is 12.5. The Kier molecular flexibility index (Phi) is 2.76. The molecular formula is C13H15N3O2. The smallest absolute Gasteiger partial charge is 0.240 e. The number of hydrogen-bond acceptors (Lipinski definition) is 5. The number of aromatic hydroxyl groups is 1. The minimum Gasteiger partial charge on any atom is -0.507 e. The third-order valence-corrected chi connectivity index (χ3v) is 3.34. The molecule has 1 aliphatic carbocycles. The molecule has 0 unspecified atom stereocenters. The minimum absolute atomic E-state index is 0.207. The van der Waals surface area contributed by atoms with Crippen molar-refractivity contribution in [2.24, 2.45) is 5.73 Å². The molecule has 0 aliphatic heterocycles. The zero-order valence-corrected chi connectivity index (χ0v) is 10.0. The maximum atomic E-state index is 10.0. The van der Waals surface area contributed by atoms with E-state index in [9.17, 15) is 5.11 Å². The van der Waals surface area contributed by atoms with Crippen molar-refractivity contribution in [1.29, 1.82) is 0 Å². The van der Waals surface area contributed by atoms with E-state index in [-0.39, 0.29) is 12.3 Å². The number of fused-ring (bicyclic) bond motifs is 1. The molecule has 1 aromatic carbocycles. The third-order valence-electron chi connectivity index (χ3n) is 3.34. The summed E-state index contributed by atoms with van der Waals surface area (Å²) in [6.07, 6.45) is 4.45. The van der Waals surface area contributed by atoms with E-state index < -0.39 is 0 Å². The summed E-state index contributed by atoms with van der Waals surface area (Å²) in [5.41, 5.74) is 8.55. The van der Waals surface area contributed by atoms with E-state index in [0.29, 0.717) is 17.3 Å². The summed E-state index contributed by atoms with van der Waals surface area (Å²) in [4.78, 5) is 4.15. The van der Waals surface area contributed by atoms with Crippen molar-refractivity contribution in [3.05, 3.63) is 29.2 Å². The van der Waals surface area contributed by atoms with Gasteiger partial charge in [-0.3, -0.25) is 0 Å². The predicted molar refractivity (Wildman–Crippen MR) is 65.9 cm³/mol. The fourth-order valence-electron chi connectivity index (χ4n) is 2.40. The number of phenolic OH excluding ortho intramolecular Hbond substituents is 1. The first kappa shape index (κ1) is 11.2. The Morgan fingerprint density at radius 3 is 2.61 bits per heavy atom. The quantitative estimate of drug-likeness (QED) is 0.842. The molecule has 3 N–H and O–H groups in total. The Balaban J connectivity index is 2.06. The molecule has 2 aromatic rings. The van der Waals surface area contributed by atoms with Crippen molar-refractivity contribution < 1.29 is 9.63 Å². The summed E-state index contributed by atoms with van der Waals surface area (Å²) in [5, 5.41) is 13.9. The van der Waals surface area contributed by atoms with Crippen LogP contribution in [0.4, 0.5) is 0 Å². The Morgan fingerprint density at radius 1 is 1.22 bits per heavy atom. The maximum absolute atomic E-state index is 10.0. The van der Waals surface area contributed by atoms with Gasteiger partial charge < -0.3 is 15.4 Å². The average molecular weight is 245 g/mol. The van der Waals surface area contributed by atoms with Gasteiger partial charge in [0.25, 0.3) is 0 Å². The minimum atomic E-state index is 0.207. The number of aryl methyl sites for hydroxylation is 2. The first-order valence-corrected chi connectivity index (χ1v) is 6.15. The number of rotatable bonds is 2. The summed E-state index contributed by atoms with van der Waals surface area (Å²) in [7, 11) is 0. The van der Waals surface area contributed by atoms with E-state index in [2.05, 4.69) is 10.1 Å². The number of nitrogens with zero attached hydrogens (tertiary/aromatic N) is 2. The summed E-state index contributed by atoms with van der Waals surface area (Å²) < 4.78 is 4.97. The van der Waals surface area contributed by atoms with E-state index in [1.165, 1.54) is 24.0 Å². The first-order valence-electron chi connectivity index (χ1n) is 6.15. The normalized spacial score (nSPS) is 14.5. The molecule has 1 heterocycles. The van der Waals surface area contributed by atoms with E-state index >= 15 is 0 Å². The number of hydrogen-bond donors (Lipinski definition) is 2. The Labute approximate surface area is 105 Å². The Morgan fingerprint density at radius 2 is 1.94 bits per heavy atom.